The first-order chi connectivity index (χ1) is 22.3. The highest BCUT2D eigenvalue weighted by atomic mass is 32.2. The van der Waals surface area contributed by atoms with Crippen molar-refractivity contribution in [3.05, 3.63) is 36.5 Å². The van der Waals surface area contributed by atoms with Crippen LogP contribution >= 0.6 is 0 Å². The van der Waals surface area contributed by atoms with Crippen molar-refractivity contribution in [1.82, 2.24) is 5.32 Å². The smallest absolute Gasteiger partial charge is 0.267 e. The molecule has 0 aliphatic rings. The van der Waals surface area contributed by atoms with E-state index >= 15 is 0 Å². The lowest BCUT2D eigenvalue weighted by atomic mass is 10.1. The summed E-state index contributed by atoms with van der Waals surface area (Å²) in [5.41, 5.74) is 0. The number of aliphatic hydroxyl groups excluding tert-OH is 1. The van der Waals surface area contributed by atoms with E-state index in [1.165, 1.54) is 122 Å². The second-order valence-electron chi connectivity index (χ2n) is 13.2. The van der Waals surface area contributed by atoms with Gasteiger partial charge < -0.3 is 10.4 Å². The summed E-state index contributed by atoms with van der Waals surface area (Å²) in [4.78, 5) is 12.5. The second-order valence-corrected chi connectivity index (χ2v) is 14.7. The summed E-state index contributed by atoms with van der Waals surface area (Å²) >= 11 is 0. The van der Waals surface area contributed by atoms with Gasteiger partial charge in [-0.2, -0.15) is 8.42 Å². The third kappa shape index (κ3) is 33.9. The first-order valence-electron chi connectivity index (χ1n) is 19.2. The Kier molecular flexibility index (Phi) is 32.4. The van der Waals surface area contributed by atoms with Crippen LogP contribution in [0.15, 0.2) is 36.5 Å². The van der Waals surface area contributed by atoms with E-state index in [0.717, 1.165) is 44.9 Å². The highest BCUT2D eigenvalue weighted by molar-refractivity contribution is 7.85. The van der Waals surface area contributed by atoms with Crippen LogP contribution in [0.2, 0.25) is 0 Å². The summed E-state index contributed by atoms with van der Waals surface area (Å²) in [5.74, 6) is -0.985. The largest absolute Gasteiger partial charge is 0.387 e. The average molecular weight is 668 g/mol. The molecule has 2 atom stereocenters. The van der Waals surface area contributed by atoms with Crippen molar-refractivity contribution in [3.8, 4) is 0 Å². The highest BCUT2D eigenvalue weighted by Crippen LogP contribution is 2.13. The lowest BCUT2D eigenvalue weighted by Gasteiger charge is -2.21. The maximum absolute atomic E-state index is 12.5. The molecule has 0 radical (unpaired) electrons. The Labute approximate surface area is 285 Å². The van der Waals surface area contributed by atoms with Crippen LogP contribution in [0, 0.1) is 0 Å². The van der Waals surface area contributed by atoms with Gasteiger partial charge in [-0.15, -0.1) is 0 Å². The summed E-state index contributed by atoms with van der Waals surface area (Å²) in [6.45, 7) is 4.47. The number of rotatable bonds is 34. The Morgan fingerprint density at radius 2 is 0.978 bits per heavy atom. The Hall–Kier alpha value is -1.44. The van der Waals surface area contributed by atoms with Gasteiger partial charge >= 0.3 is 0 Å². The first-order valence-corrected chi connectivity index (χ1v) is 20.8. The van der Waals surface area contributed by atoms with Gasteiger partial charge in [-0.1, -0.05) is 166 Å². The SMILES string of the molecule is CCCCCCC/C=C\C/C=C\CCCCCCCCCCCC(=O)NC(CS(=O)(=O)O)C(O)/C=C/CCCCCCCCCC. The molecule has 270 valence electrons. The Morgan fingerprint density at radius 1 is 0.587 bits per heavy atom. The summed E-state index contributed by atoms with van der Waals surface area (Å²) in [6, 6.07) is -1.06. The van der Waals surface area contributed by atoms with Crippen molar-refractivity contribution in [2.45, 2.75) is 199 Å². The van der Waals surface area contributed by atoms with Crippen LogP contribution in [0.25, 0.3) is 0 Å². The fourth-order valence-electron chi connectivity index (χ4n) is 5.65. The van der Waals surface area contributed by atoms with Gasteiger partial charge in [0.15, 0.2) is 0 Å². The van der Waals surface area contributed by atoms with Crippen molar-refractivity contribution in [3.63, 3.8) is 0 Å². The molecular formula is C39H73NO5S. The average Bonchev–Trinajstić information content (AvgIpc) is 3.01. The van der Waals surface area contributed by atoms with Crippen LogP contribution in [-0.4, -0.2) is 41.9 Å². The quantitative estimate of drug-likeness (QED) is 0.0360. The lowest BCUT2D eigenvalue weighted by Crippen LogP contribution is -2.46. The zero-order valence-electron chi connectivity index (χ0n) is 29.9. The predicted octanol–water partition coefficient (Wildman–Crippen LogP) is 11.0. The summed E-state index contributed by atoms with van der Waals surface area (Å²) in [7, 11) is -4.34. The van der Waals surface area contributed by atoms with Crippen molar-refractivity contribution in [1.29, 1.82) is 0 Å². The summed E-state index contributed by atoms with van der Waals surface area (Å²) < 4.78 is 32.3. The topological polar surface area (TPSA) is 104 Å². The fourth-order valence-corrected chi connectivity index (χ4v) is 6.39. The predicted molar refractivity (Wildman–Crippen MR) is 198 cm³/mol. The van der Waals surface area contributed by atoms with Crippen LogP contribution in [0.4, 0.5) is 0 Å². The molecule has 0 fully saturated rings. The van der Waals surface area contributed by atoms with Gasteiger partial charge in [0, 0.05) is 6.42 Å². The van der Waals surface area contributed by atoms with Crippen molar-refractivity contribution >= 4 is 16.0 Å². The molecule has 0 aromatic rings. The number of allylic oxidation sites excluding steroid dienone is 5. The molecular weight excluding hydrogens is 594 g/mol. The third-order valence-corrected chi connectivity index (χ3v) is 9.34. The molecule has 1 amide bonds. The van der Waals surface area contributed by atoms with E-state index < -0.39 is 28.0 Å². The molecule has 0 saturated carbocycles. The van der Waals surface area contributed by atoms with Gasteiger partial charge in [-0.25, -0.2) is 0 Å². The lowest BCUT2D eigenvalue weighted by molar-refractivity contribution is -0.122. The number of hydrogen-bond donors (Lipinski definition) is 3. The molecule has 0 aliphatic carbocycles. The minimum Gasteiger partial charge on any atom is -0.387 e. The maximum Gasteiger partial charge on any atom is 0.267 e. The van der Waals surface area contributed by atoms with E-state index in [0.29, 0.717) is 6.42 Å². The molecule has 2 unspecified atom stereocenters. The van der Waals surface area contributed by atoms with Crippen LogP contribution in [0.5, 0.6) is 0 Å². The number of carbonyl (C=O) groups excluding carboxylic acids is 1. The number of unbranched alkanes of at least 4 members (excludes halogenated alkanes) is 22. The molecule has 0 aliphatic heterocycles. The minimum absolute atomic E-state index is 0.285. The van der Waals surface area contributed by atoms with E-state index in [4.69, 9.17) is 0 Å². The summed E-state index contributed by atoms with van der Waals surface area (Å²) in [5, 5.41) is 13.1. The van der Waals surface area contributed by atoms with Gasteiger partial charge in [-0.05, 0) is 51.4 Å². The Bertz CT molecular complexity index is 868. The van der Waals surface area contributed by atoms with Gasteiger partial charge in [0.05, 0.1) is 17.9 Å². The molecule has 0 aromatic heterocycles. The monoisotopic (exact) mass is 668 g/mol. The van der Waals surface area contributed by atoms with Crippen LogP contribution in [0.3, 0.4) is 0 Å². The fraction of sp³-hybridized carbons (Fsp3) is 0.821. The van der Waals surface area contributed by atoms with Crippen molar-refractivity contribution in [2.75, 3.05) is 5.75 Å². The molecule has 0 bridgehead atoms. The molecule has 0 aromatic carbocycles. The zero-order valence-corrected chi connectivity index (χ0v) is 30.8. The van der Waals surface area contributed by atoms with Crippen LogP contribution in [-0.2, 0) is 14.9 Å². The normalized spacial score (nSPS) is 13.7. The van der Waals surface area contributed by atoms with Gasteiger partial charge in [0.2, 0.25) is 5.91 Å². The molecule has 3 N–H and O–H groups in total. The number of hydrogen-bond acceptors (Lipinski definition) is 4. The molecule has 0 spiro atoms. The molecule has 0 heterocycles. The molecule has 46 heavy (non-hydrogen) atoms. The van der Waals surface area contributed by atoms with Crippen molar-refractivity contribution < 1.29 is 22.9 Å². The first kappa shape index (κ1) is 44.6. The van der Waals surface area contributed by atoms with Gasteiger partial charge in [0.25, 0.3) is 10.1 Å². The van der Waals surface area contributed by atoms with Gasteiger partial charge in [0.1, 0.15) is 0 Å². The molecule has 0 saturated heterocycles. The third-order valence-electron chi connectivity index (χ3n) is 8.56. The molecule has 0 rings (SSSR count). The number of amides is 1. The molecule has 7 heteroatoms. The number of carbonyl (C=O) groups is 1. The highest BCUT2D eigenvalue weighted by Gasteiger charge is 2.24. The minimum atomic E-state index is -4.34. The molecule has 6 nitrogen and oxygen atoms in total. The standard InChI is InChI=1S/C39H73NO5S/c1-3-5-7-9-11-13-15-16-17-18-19-20-21-22-23-24-25-27-29-31-33-35-39(42)40-37(36-46(43,44)45)38(41)34-32-30-28-26-14-12-10-8-6-4-2/h15-16,18-19,32,34,37-38,41H,3-14,17,20-31,33,35-36H2,1-2H3,(H,40,42)(H,43,44,45)/b16-15-,19-18-,34-32+. The Morgan fingerprint density at radius 3 is 1.41 bits per heavy atom. The van der Waals surface area contributed by atoms with Gasteiger partial charge in [-0.3, -0.25) is 9.35 Å². The summed E-state index contributed by atoms with van der Waals surface area (Å²) in [6.07, 6.45) is 42.7. The van der Waals surface area contributed by atoms with Crippen LogP contribution < -0.4 is 5.32 Å². The van der Waals surface area contributed by atoms with E-state index in [9.17, 15) is 22.9 Å². The maximum atomic E-state index is 12.5. The number of aliphatic hydroxyl groups is 1. The zero-order chi connectivity index (χ0) is 34.0. The van der Waals surface area contributed by atoms with E-state index in [1.807, 2.05) is 6.08 Å². The van der Waals surface area contributed by atoms with E-state index in [-0.39, 0.29) is 5.91 Å². The van der Waals surface area contributed by atoms with Crippen LogP contribution in [0.1, 0.15) is 187 Å². The number of nitrogens with one attached hydrogen (secondary N) is 1. The Balaban J connectivity index is 3.89. The van der Waals surface area contributed by atoms with E-state index in [1.54, 1.807) is 6.08 Å². The van der Waals surface area contributed by atoms with E-state index in [2.05, 4.69) is 43.5 Å². The van der Waals surface area contributed by atoms with Crippen molar-refractivity contribution in [2.24, 2.45) is 0 Å². The second kappa shape index (κ2) is 33.5.